The molecule has 240 valence electrons. The van der Waals surface area contributed by atoms with Crippen LogP contribution >= 0.6 is 0 Å². The van der Waals surface area contributed by atoms with E-state index >= 15 is 0 Å². The van der Waals surface area contributed by atoms with Crippen molar-refractivity contribution >= 4 is 40.1 Å². The number of fused-ring (bicyclic) bond motifs is 2. The summed E-state index contributed by atoms with van der Waals surface area (Å²) >= 11 is 0. The van der Waals surface area contributed by atoms with Crippen LogP contribution < -0.4 is 15.4 Å². The van der Waals surface area contributed by atoms with Crippen molar-refractivity contribution in [2.24, 2.45) is 5.92 Å². The molecule has 46 heavy (non-hydrogen) atoms. The highest BCUT2D eigenvalue weighted by Crippen LogP contribution is 2.30. The molecule has 1 aliphatic rings. The first kappa shape index (κ1) is 32.5. The first-order valence-corrected chi connectivity index (χ1v) is 15.4. The molecule has 0 saturated carbocycles. The molecule has 4 N–H and O–H groups in total. The van der Waals surface area contributed by atoms with Gasteiger partial charge in [-0.05, 0) is 61.3 Å². The zero-order valence-corrected chi connectivity index (χ0v) is 26.3. The van der Waals surface area contributed by atoms with Gasteiger partial charge in [0.2, 0.25) is 5.91 Å². The summed E-state index contributed by atoms with van der Waals surface area (Å²) in [7, 11) is 1.97. The third-order valence-electron chi connectivity index (χ3n) is 8.36. The number of aliphatic hydroxyl groups excluding tert-OH is 1. The molecular weight excluding hydrogens is 584 g/mol. The van der Waals surface area contributed by atoms with Crippen molar-refractivity contribution in [1.29, 1.82) is 0 Å². The Morgan fingerprint density at radius 2 is 1.76 bits per heavy atom. The van der Waals surface area contributed by atoms with Crippen LogP contribution in [0.3, 0.4) is 0 Å². The highest BCUT2D eigenvalue weighted by Gasteiger charge is 2.31. The predicted molar refractivity (Wildman–Crippen MR) is 178 cm³/mol. The summed E-state index contributed by atoms with van der Waals surface area (Å²) in [5.74, 6) is -0.623. The minimum Gasteiger partial charge on any atom is -0.488 e. The molecule has 0 bridgehead atoms. The van der Waals surface area contributed by atoms with Gasteiger partial charge in [-0.1, -0.05) is 55.5 Å². The maximum atomic E-state index is 13.6. The second-order valence-electron chi connectivity index (χ2n) is 12.0. The van der Waals surface area contributed by atoms with Crippen molar-refractivity contribution < 1.29 is 29.3 Å². The Hall–Kier alpha value is -4.93. The molecule has 0 aromatic heterocycles. The number of carbonyl (C=O) groups excluding carboxylic acids is 2. The lowest BCUT2D eigenvalue weighted by atomic mass is 10.0. The fourth-order valence-electron chi connectivity index (χ4n) is 5.78. The number of nitrogens with zero attached hydrogens (tertiary/aromatic N) is 2. The van der Waals surface area contributed by atoms with Crippen molar-refractivity contribution in [2.45, 2.75) is 39.0 Å². The molecule has 10 heteroatoms. The van der Waals surface area contributed by atoms with E-state index in [1.807, 2.05) is 63.4 Å². The van der Waals surface area contributed by atoms with Gasteiger partial charge in [-0.25, -0.2) is 9.59 Å². The second-order valence-corrected chi connectivity index (χ2v) is 12.0. The van der Waals surface area contributed by atoms with E-state index < -0.39 is 12.0 Å². The highest BCUT2D eigenvalue weighted by molar-refractivity contribution is 6.06. The van der Waals surface area contributed by atoms with Crippen LogP contribution in [0, 0.1) is 5.92 Å². The zero-order chi connectivity index (χ0) is 32.8. The van der Waals surface area contributed by atoms with Gasteiger partial charge in [0.05, 0.1) is 30.3 Å². The molecule has 3 atom stereocenters. The number of amides is 3. The quantitative estimate of drug-likeness (QED) is 0.194. The molecule has 0 spiro atoms. The third kappa shape index (κ3) is 7.82. The number of benzene rings is 4. The topological polar surface area (TPSA) is 131 Å². The summed E-state index contributed by atoms with van der Waals surface area (Å²) in [5, 5.41) is 26.9. The molecular formula is C36H40N4O6. The van der Waals surface area contributed by atoms with Gasteiger partial charge in [0.25, 0.3) is 0 Å². The van der Waals surface area contributed by atoms with Crippen molar-refractivity contribution in [3.63, 3.8) is 0 Å². The zero-order valence-electron chi connectivity index (χ0n) is 26.3. The average molecular weight is 625 g/mol. The molecule has 0 saturated heterocycles. The first-order valence-electron chi connectivity index (χ1n) is 15.4. The molecule has 3 amide bonds. The van der Waals surface area contributed by atoms with Crippen molar-refractivity contribution in [1.82, 2.24) is 9.80 Å². The number of likely N-dealkylation sites (N-methyl/N-ethyl adjacent to an activating group) is 1. The van der Waals surface area contributed by atoms with Crippen LogP contribution in [0.25, 0.3) is 10.8 Å². The molecule has 0 aliphatic carbocycles. The van der Waals surface area contributed by atoms with Gasteiger partial charge in [-0.15, -0.1) is 0 Å². The largest absolute Gasteiger partial charge is 0.488 e. The first-order chi connectivity index (χ1) is 22.1. The summed E-state index contributed by atoms with van der Waals surface area (Å²) in [4.78, 5) is 41.7. The Balaban J connectivity index is 1.36. The maximum Gasteiger partial charge on any atom is 0.335 e. The molecule has 0 radical (unpaired) electrons. The molecule has 5 rings (SSSR count). The number of hydrogen-bond donors (Lipinski definition) is 4. The van der Waals surface area contributed by atoms with Crippen LogP contribution in [-0.2, 0) is 17.8 Å². The fourth-order valence-corrected chi connectivity index (χ4v) is 5.78. The molecule has 10 nitrogen and oxygen atoms in total. The summed E-state index contributed by atoms with van der Waals surface area (Å²) in [5.41, 5.74) is 3.03. The summed E-state index contributed by atoms with van der Waals surface area (Å²) in [6.45, 7) is 5.19. The van der Waals surface area contributed by atoms with E-state index in [9.17, 15) is 24.6 Å². The van der Waals surface area contributed by atoms with Gasteiger partial charge >= 0.3 is 12.0 Å². The number of nitrogens with one attached hydrogen (secondary N) is 2. The molecule has 1 heterocycles. The second kappa shape index (κ2) is 14.4. The average Bonchev–Trinajstić information content (AvgIpc) is 3.08. The molecule has 4 aromatic rings. The monoisotopic (exact) mass is 624 g/mol. The molecule has 1 aliphatic heterocycles. The minimum absolute atomic E-state index is 0.0470. The van der Waals surface area contributed by atoms with Crippen LogP contribution in [0.4, 0.5) is 16.2 Å². The van der Waals surface area contributed by atoms with Gasteiger partial charge in [0.15, 0.2) is 0 Å². The van der Waals surface area contributed by atoms with Gasteiger partial charge in [0.1, 0.15) is 11.9 Å². The van der Waals surface area contributed by atoms with Crippen molar-refractivity contribution in [2.75, 3.05) is 37.4 Å². The van der Waals surface area contributed by atoms with Crippen molar-refractivity contribution in [3.8, 4) is 5.75 Å². The fraction of sp³-hybridized carbons (Fsp3) is 0.306. The minimum atomic E-state index is -0.966. The molecule has 0 fully saturated rings. The van der Waals surface area contributed by atoms with Crippen LogP contribution in [0.5, 0.6) is 5.75 Å². The van der Waals surface area contributed by atoms with E-state index in [1.54, 1.807) is 47.4 Å². The lowest BCUT2D eigenvalue weighted by molar-refractivity contribution is -0.134. The van der Waals surface area contributed by atoms with Gasteiger partial charge in [-0.3, -0.25) is 9.69 Å². The Morgan fingerprint density at radius 3 is 2.50 bits per heavy atom. The molecule has 4 aromatic carbocycles. The normalized spacial score (nSPS) is 17.3. The van der Waals surface area contributed by atoms with E-state index in [0.717, 1.165) is 16.3 Å². The maximum absolute atomic E-state index is 13.6. The number of carboxylic acid groups (broad SMARTS) is 1. The number of urea groups is 1. The van der Waals surface area contributed by atoms with Crippen LogP contribution in [0.15, 0.2) is 84.9 Å². The Kier molecular flexibility index (Phi) is 10.2. The Labute approximate surface area is 268 Å². The SMILES string of the molecule is C[C@H]1CN([C@@H](C)CO)C(=O)Cc2cc(NC(=O)Nc3cccc4ccccc34)ccc2O[C@@H]1CN(C)Cc1ccc(C(=O)O)cc1. The van der Waals surface area contributed by atoms with E-state index in [1.165, 1.54) is 0 Å². The smallest absolute Gasteiger partial charge is 0.335 e. The van der Waals surface area contributed by atoms with Crippen LogP contribution in [0.1, 0.15) is 35.3 Å². The summed E-state index contributed by atoms with van der Waals surface area (Å²) < 4.78 is 6.61. The summed E-state index contributed by atoms with van der Waals surface area (Å²) in [6.07, 6.45) is -0.263. The number of hydrogen-bond acceptors (Lipinski definition) is 6. The van der Waals surface area contributed by atoms with E-state index in [-0.39, 0.29) is 42.6 Å². The lowest BCUT2D eigenvalue weighted by Gasteiger charge is -2.34. The predicted octanol–water partition coefficient (Wildman–Crippen LogP) is 5.46. The van der Waals surface area contributed by atoms with Gasteiger partial charge in [0, 0.05) is 42.2 Å². The van der Waals surface area contributed by atoms with Gasteiger partial charge in [-0.2, -0.15) is 0 Å². The summed E-state index contributed by atoms with van der Waals surface area (Å²) in [6, 6.07) is 24.8. The Morgan fingerprint density at radius 1 is 1.02 bits per heavy atom. The lowest BCUT2D eigenvalue weighted by Crippen LogP contribution is -2.47. The number of aromatic carboxylic acids is 1. The van der Waals surface area contributed by atoms with E-state index in [4.69, 9.17) is 4.74 Å². The standard InChI is InChI=1S/C36H40N4O6/c1-23-19-40(24(2)22-41)34(42)18-28-17-29(37-36(45)38-31-10-6-8-26-7-4-5-9-30(26)31)15-16-32(28)46-33(23)21-39(3)20-25-11-13-27(14-12-25)35(43)44/h4-17,23-24,33,41H,18-22H2,1-3H3,(H,43,44)(H2,37,38,45)/t23-,24-,33+/m0/s1. The van der Waals surface area contributed by atoms with E-state index in [0.29, 0.717) is 42.3 Å². The number of aliphatic hydroxyl groups is 1. The van der Waals surface area contributed by atoms with Crippen LogP contribution in [0.2, 0.25) is 0 Å². The van der Waals surface area contributed by atoms with Crippen molar-refractivity contribution in [3.05, 3.63) is 102 Å². The van der Waals surface area contributed by atoms with Gasteiger partial charge < -0.3 is 30.5 Å². The Bertz CT molecular complexity index is 1700. The molecule has 0 unspecified atom stereocenters. The van der Waals surface area contributed by atoms with Crippen LogP contribution in [-0.4, -0.2) is 76.8 Å². The number of rotatable bonds is 9. The number of anilines is 2. The third-order valence-corrected chi connectivity index (χ3v) is 8.36. The highest BCUT2D eigenvalue weighted by atomic mass is 16.5. The van der Waals surface area contributed by atoms with E-state index in [2.05, 4.69) is 15.5 Å². The number of carbonyl (C=O) groups is 3. The number of ether oxygens (including phenoxy) is 1. The number of carboxylic acids is 1.